The van der Waals surface area contributed by atoms with Crippen molar-refractivity contribution in [2.24, 2.45) is 5.73 Å². The molecule has 2 atom stereocenters. The quantitative estimate of drug-likeness (QED) is 0.417. The molecule has 0 bridgehead atoms. The van der Waals surface area contributed by atoms with E-state index in [1.807, 2.05) is 54.6 Å². The molecule has 0 saturated heterocycles. The lowest BCUT2D eigenvalue weighted by atomic mass is 10.0. The van der Waals surface area contributed by atoms with Gasteiger partial charge in [0.2, 0.25) is 0 Å². The molecule has 4 N–H and O–H groups in total. The number of carbonyl (C=O) groups excluding carboxylic acids is 2. The molecule has 0 heterocycles. The van der Waals surface area contributed by atoms with Crippen LogP contribution in [0.25, 0.3) is 0 Å². The van der Waals surface area contributed by atoms with E-state index in [0.29, 0.717) is 22.9 Å². The summed E-state index contributed by atoms with van der Waals surface area (Å²) in [6, 6.07) is 24.0. The zero-order valence-corrected chi connectivity index (χ0v) is 19.2. The molecule has 33 heavy (non-hydrogen) atoms. The molecule has 1 fully saturated rings. The van der Waals surface area contributed by atoms with Crippen molar-refractivity contribution >= 4 is 35.8 Å². The Balaban J connectivity index is 0.00000306. The maximum absolute atomic E-state index is 12.7. The third kappa shape index (κ3) is 6.12. The lowest BCUT2D eigenvalue weighted by Gasteiger charge is -2.11. The molecule has 1 aliphatic carbocycles. The Kier molecular flexibility index (Phi) is 7.74. The number of nitrogens with one attached hydrogen (secondary N) is 2. The monoisotopic (exact) mass is 465 g/mol. The van der Waals surface area contributed by atoms with Crippen molar-refractivity contribution in [3.05, 3.63) is 95.6 Å². The molecule has 2 amide bonds. The number of ether oxygens (including phenoxy) is 1. The largest absolute Gasteiger partial charge is 0.444 e. The molecule has 1 saturated carbocycles. The maximum Gasteiger partial charge on any atom is 0.411 e. The van der Waals surface area contributed by atoms with E-state index in [9.17, 15) is 9.59 Å². The summed E-state index contributed by atoms with van der Waals surface area (Å²) < 4.78 is 5.23. The van der Waals surface area contributed by atoms with Gasteiger partial charge in [0.15, 0.2) is 0 Å². The highest BCUT2D eigenvalue weighted by Crippen LogP contribution is 2.51. The molecule has 0 radical (unpaired) electrons. The summed E-state index contributed by atoms with van der Waals surface area (Å²) >= 11 is 0. The minimum Gasteiger partial charge on any atom is -0.444 e. The smallest absolute Gasteiger partial charge is 0.411 e. The molecular formula is C26H28ClN3O3. The Morgan fingerprint density at radius 1 is 0.970 bits per heavy atom. The number of nitrogens with two attached hydrogens (primary N) is 1. The second-order valence-corrected chi connectivity index (χ2v) is 8.19. The lowest BCUT2D eigenvalue weighted by Crippen LogP contribution is -2.22. The standard InChI is InChI=1S/C26H27N3O3.ClH/c1-2-26(27)16-23(26)19-11-13-21(14-12-19)28-24(30)20-9-6-10-22(15-20)29-25(31)32-17-18-7-4-3-5-8-18;/h3-15,23H,2,16-17,27H2,1H3,(H,28,30)(H,29,31);1H/t23-,26-;/m0./s1. The van der Waals surface area contributed by atoms with Gasteiger partial charge in [-0.1, -0.05) is 55.5 Å². The van der Waals surface area contributed by atoms with Crippen LogP contribution in [0.3, 0.4) is 0 Å². The average Bonchev–Trinajstić information content (AvgIpc) is 3.51. The van der Waals surface area contributed by atoms with Crippen molar-refractivity contribution in [1.82, 2.24) is 0 Å². The van der Waals surface area contributed by atoms with Crippen molar-refractivity contribution < 1.29 is 14.3 Å². The molecular weight excluding hydrogens is 438 g/mol. The van der Waals surface area contributed by atoms with Crippen molar-refractivity contribution in [1.29, 1.82) is 0 Å². The number of anilines is 2. The van der Waals surface area contributed by atoms with Gasteiger partial charge >= 0.3 is 6.09 Å². The van der Waals surface area contributed by atoms with E-state index >= 15 is 0 Å². The first-order valence-electron chi connectivity index (χ1n) is 10.7. The molecule has 4 rings (SSSR count). The second-order valence-electron chi connectivity index (χ2n) is 8.19. The van der Waals surface area contributed by atoms with E-state index in [1.165, 1.54) is 5.56 Å². The Labute approximate surface area is 199 Å². The summed E-state index contributed by atoms with van der Waals surface area (Å²) in [4.78, 5) is 24.7. The molecule has 0 unspecified atom stereocenters. The van der Waals surface area contributed by atoms with Crippen molar-refractivity contribution in [2.75, 3.05) is 10.6 Å². The Hall–Kier alpha value is -3.35. The van der Waals surface area contributed by atoms with E-state index in [0.717, 1.165) is 18.4 Å². The number of halogens is 1. The van der Waals surface area contributed by atoms with E-state index in [4.69, 9.17) is 10.5 Å². The fourth-order valence-corrected chi connectivity index (χ4v) is 3.78. The Bertz CT molecular complexity index is 1110. The summed E-state index contributed by atoms with van der Waals surface area (Å²) in [6.07, 6.45) is 1.38. The van der Waals surface area contributed by atoms with Gasteiger partial charge in [0, 0.05) is 28.4 Å². The van der Waals surface area contributed by atoms with Gasteiger partial charge in [-0.2, -0.15) is 0 Å². The molecule has 0 aromatic heterocycles. The highest BCUT2D eigenvalue weighted by Gasteiger charge is 2.49. The van der Waals surface area contributed by atoms with Crippen molar-refractivity contribution in [2.45, 2.75) is 37.8 Å². The van der Waals surface area contributed by atoms with Crippen LogP contribution in [0.15, 0.2) is 78.9 Å². The fourth-order valence-electron chi connectivity index (χ4n) is 3.78. The molecule has 6 nitrogen and oxygen atoms in total. The van der Waals surface area contributed by atoms with Crippen LogP contribution in [0.2, 0.25) is 0 Å². The molecule has 3 aromatic rings. The van der Waals surface area contributed by atoms with Gasteiger partial charge in [-0.25, -0.2) is 4.79 Å². The van der Waals surface area contributed by atoms with Crippen LogP contribution < -0.4 is 16.4 Å². The van der Waals surface area contributed by atoms with E-state index in [1.54, 1.807) is 24.3 Å². The summed E-state index contributed by atoms with van der Waals surface area (Å²) in [5.41, 5.74) is 9.95. The van der Waals surface area contributed by atoms with Gasteiger partial charge in [0.25, 0.3) is 5.91 Å². The number of benzene rings is 3. The van der Waals surface area contributed by atoms with Crippen LogP contribution in [0.5, 0.6) is 0 Å². The van der Waals surface area contributed by atoms with Gasteiger partial charge in [0.1, 0.15) is 6.61 Å². The van der Waals surface area contributed by atoms with Crippen molar-refractivity contribution in [3.63, 3.8) is 0 Å². The molecule has 172 valence electrons. The number of hydrogen-bond acceptors (Lipinski definition) is 4. The second kappa shape index (κ2) is 10.5. The SMILES string of the molecule is CC[C@]1(N)C[C@H]1c1ccc(NC(=O)c2cccc(NC(=O)OCc3ccccc3)c2)cc1.Cl. The molecule has 3 aromatic carbocycles. The predicted molar refractivity (Wildman–Crippen MR) is 133 cm³/mol. The van der Waals surface area contributed by atoms with E-state index in [-0.39, 0.29) is 30.5 Å². The number of rotatable bonds is 7. The normalized spacial score (nSPS) is 18.5. The van der Waals surface area contributed by atoms with Gasteiger partial charge < -0.3 is 15.8 Å². The maximum atomic E-state index is 12.7. The first kappa shape index (κ1) is 24.3. The number of carbonyl (C=O) groups is 2. The average molecular weight is 466 g/mol. The number of hydrogen-bond donors (Lipinski definition) is 3. The highest BCUT2D eigenvalue weighted by molar-refractivity contribution is 6.05. The van der Waals surface area contributed by atoms with Crippen LogP contribution in [0.1, 0.15) is 47.2 Å². The number of amides is 2. The lowest BCUT2D eigenvalue weighted by molar-refractivity contribution is 0.102. The van der Waals surface area contributed by atoms with Crippen LogP contribution in [0.4, 0.5) is 16.2 Å². The van der Waals surface area contributed by atoms with Gasteiger partial charge in [-0.3, -0.25) is 10.1 Å². The minimum absolute atomic E-state index is 0. The van der Waals surface area contributed by atoms with Gasteiger partial charge in [0.05, 0.1) is 0 Å². The van der Waals surface area contributed by atoms with E-state index < -0.39 is 6.09 Å². The first-order chi connectivity index (χ1) is 15.5. The third-order valence-corrected chi connectivity index (χ3v) is 5.93. The van der Waals surface area contributed by atoms with Gasteiger partial charge in [-0.15, -0.1) is 12.4 Å². The fraction of sp³-hybridized carbons (Fsp3) is 0.231. The van der Waals surface area contributed by atoms with E-state index in [2.05, 4.69) is 17.6 Å². The molecule has 0 aliphatic heterocycles. The summed E-state index contributed by atoms with van der Waals surface area (Å²) in [6.45, 7) is 2.29. The highest BCUT2D eigenvalue weighted by atomic mass is 35.5. The Morgan fingerprint density at radius 2 is 1.70 bits per heavy atom. The predicted octanol–water partition coefficient (Wildman–Crippen LogP) is 5.70. The zero-order chi connectivity index (χ0) is 22.6. The van der Waals surface area contributed by atoms with Crippen molar-refractivity contribution in [3.8, 4) is 0 Å². The first-order valence-corrected chi connectivity index (χ1v) is 10.7. The van der Waals surface area contributed by atoms with Crippen LogP contribution >= 0.6 is 12.4 Å². The Morgan fingerprint density at radius 3 is 2.36 bits per heavy atom. The molecule has 7 heteroatoms. The summed E-state index contributed by atoms with van der Waals surface area (Å²) in [7, 11) is 0. The van der Waals surface area contributed by atoms with Gasteiger partial charge in [-0.05, 0) is 54.3 Å². The third-order valence-electron chi connectivity index (χ3n) is 5.93. The van der Waals surface area contributed by atoms with Crippen LogP contribution in [-0.2, 0) is 11.3 Å². The van der Waals surface area contributed by atoms with Crippen LogP contribution in [0, 0.1) is 0 Å². The topological polar surface area (TPSA) is 93.5 Å². The molecule has 1 aliphatic rings. The molecule has 0 spiro atoms. The summed E-state index contributed by atoms with van der Waals surface area (Å²) in [5, 5.41) is 5.55. The zero-order valence-electron chi connectivity index (χ0n) is 18.4. The van der Waals surface area contributed by atoms with Crippen LogP contribution in [-0.4, -0.2) is 17.5 Å². The minimum atomic E-state index is -0.579. The summed E-state index contributed by atoms with van der Waals surface area (Å²) in [5.74, 6) is 0.133.